The molecule has 0 spiro atoms. The molecule has 0 atom stereocenters. The molecule has 0 radical (unpaired) electrons. The number of aryl methyl sites for hydroxylation is 1. The van der Waals surface area contributed by atoms with E-state index in [1.807, 2.05) is 26.0 Å². The average Bonchev–Trinajstić information content (AvgIpc) is 2.91. The highest BCUT2D eigenvalue weighted by atomic mass is 16.6. The minimum Gasteiger partial charge on any atom is -0.490 e. The summed E-state index contributed by atoms with van der Waals surface area (Å²) in [5.74, 6) is -0.501. The van der Waals surface area contributed by atoms with E-state index in [1.54, 1.807) is 31.2 Å². The first-order valence-corrected chi connectivity index (χ1v) is 12.1. The van der Waals surface area contributed by atoms with E-state index in [0.717, 1.165) is 29.3 Å². The zero-order valence-electron chi connectivity index (χ0n) is 22.1. The summed E-state index contributed by atoms with van der Waals surface area (Å²) in [5.41, 5.74) is 2.17. The van der Waals surface area contributed by atoms with Crippen LogP contribution in [-0.2, 0) is 11.2 Å². The molecule has 11 heteroatoms. The largest absolute Gasteiger partial charge is 0.490 e. The lowest BCUT2D eigenvalue weighted by atomic mass is 10.0. The maximum absolute atomic E-state index is 12.9. The van der Waals surface area contributed by atoms with Gasteiger partial charge in [0.15, 0.2) is 11.5 Å². The SMILES string of the molecule is C=CCc1cc(/C=C(\C#N)C(=O)Nc2cccc(C)c2C)cc(OCC)c1Oc1ccc([N+](=O)[O-])cc1[N+](=O)[O-]. The van der Waals surface area contributed by atoms with Gasteiger partial charge in [-0.05, 0) is 74.2 Å². The van der Waals surface area contributed by atoms with E-state index in [1.165, 1.54) is 12.1 Å². The van der Waals surface area contributed by atoms with E-state index in [4.69, 9.17) is 9.47 Å². The average molecular weight is 543 g/mol. The molecule has 11 nitrogen and oxygen atoms in total. The highest BCUT2D eigenvalue weighted by molar-refractivity contribution is 6.10. The monoisotopic (exact) mass is 542 g/mol. The van der Waals surface area contributed by atoms with Crippen LogP contribution < -0.4 is 14.8 Å². The van der Waals surface area contributed by atoms with Gasteiger partial charge in [0, 0.05) is 17.3 Å². The number of rotatable bonds is 11. The fourth-order valence-electron chi connectivity index (χ4n) is 3.80. The molecule has 0 aliphatic rings. The van der Waals surface area contributed by atoms with Crippen molar-refractivity contribution in [3.05, 3.63) is 109 Å². The van der Waals surface area contributed by atoms with E-state index in [2.05, 4.69) is 11.9 Å². The fourth-order valence-corrected chi connectivity index (χ4v) is 3.80. The molecule has 0 aliphatic heterocycles. The van der Waals surface area contributed by atoms with E-state index in [0.29, 0.717) is 16.8 Å². The van der Waals surface area contributed by atoms with Crippen molar-refractivity contribution in [3.8, 4) is 23.3 Å². The number of ether oxygens (including phenoxy) is 2. The predicted molar refractivity (Wildman–Crippen MR) is 149 cm³/mol. The lowest BCUT2D eigenvalue weighted by Gasteiger charge is -2.17. The number of carbonyl (C=O) groups excluding carboxylic acids is 1. The molecule has 0 aromatic heterocycles. The molecular formula is C29H26N4O7. The van der Waals surface area contributed by atoms with E-state index >= 15 is 0 Å². The molecule has 0 fully saturated rings. The van der Waals surface area contributed by atoms with Gasteiger partial charge >= 0.3 is 5.69 Å². The van der Waals surface area contributed by atoms with Crippen LogP contribution >= 0.6 is 0 Å². The Kier molecular flexibility index (Phi) is 9.33. The standard InChI is InChI=1S/C29H26N4O7/c1-5-8-21-13-20(14-22(17-30)29(34)31-24-10-7-9-18(3)19(24)4)15-27(39-6-2)28(21)40-26-12-11-23(32(35)36)16-25(26)33(37)38/h5,7,9-16H,1,6,8H2,2-4H3,(H,31,34)/b22-14+. The van der Waals surface area contributed by atoms with Gasteiger partial charge in [0.05, 0.1) is 22.5 Å². The normalized spacial score (nSPS) is 10.8. The maximum atomic E-state index is 12.9. The second-order valence-electron chi connectivity index (χ2n) is 8.57. The number of anilines is 1. The summed E-state index contributed by atoms with van der Waals surface area (Å²) in [5, 5.41) is 35.2. The molecule has 0 aliphatic carbocycles. The number of benzene rings is 3. The van der Waals surface area contributed by atoms with Gasteiger partial charge < -0.3 is 14.8 Å². The Bertz CT molecular complexity index is 1570. The minimum atomic E-state index is -0.777. The molecule has 1 amide bonds. The fraction of sp³-hybridized carbons (Fsp3) is 0.172. The quantitative estimate of drug-likeness (QED) is 0.0935. The number of carbonyl (C=O) groups is 1. The minimum absolute atomic E-state index is 0.134. The van der Waals surface area contributed by atoms with Crippen molar-refractivity contribution in [1.82, 2.24) is 0 Å². The van der Waals surface area contributed by atoms with Gasteiger partial charge in [-0.3, -0.25) is 25.0 Å². The van der Waals surface area contributed by atoms with Crippen LogP contribution in [0.15, 0.2) is 66.8 Å². The van der Waals surface area contributed by atoms with Gasteiger partial charge in [-0.25, -0.2) is 0 Å². The number of allylic oxidation sites excluding steroid dienone is 1. The van der Waals surface area contributed by atoms with Crippen LogP contribution in [-0.4, -0.2) is 22.4 Å². The maximum Gasteiger partial charge on any atom is 0.318 e. The van der Waals surface area contributed by atoms with Crippen LogP contribution in [0.5, 0.6) is 17.2 Å². The van der Waals surface area contributed by atoms with Crippen molar-refractivity contribution in [2.24, 2.45) is 0 Å². The van der Waals surface area contributed by atoms with Gasteiger partial charge in [0.2, 0.25) is 5.75 Å². The number of nitro benzene ring substituents is 2. The smallest absolute Gasteiger partial charge is 0.318 e. The number of non-ortho nitro benzene ring substituents is 1. The Balaban J connectivity index is 2.07. The van der Waals surface area contributed by atoms with Crippen molar-refractivity contribution in [1.29, 1.82) is 5.26 Å². The summed E-state index contributed by atoms with van der Waals surface area (Å²) in [4.78, 5) is 34.2. The molecular weight excluding hydrogens is 516 g/mol. The Morgan fingerprint density at radius 2 is 1.85 bits per heavy atom. The number of nitrogens with zero attached hydrogens (tertiary/aromatic N) is 3. The van der Waals surface area contributed by atoms with Crippen LogP contribution in [0.25, 0.3) is 6.08 Å². The zero-order chi connectivity index (χ0) is 29.4. The highest BCUT2D eigenvalue weighted by Crippen LogP contribution is 2.41. The first-order chi connectivity index (χ1) is 19.1. The van der Waals surface area contributed by atoms with Gasteiger partial charge in [-0.1, -0.05) is 18.2 Å². The van der Waals surface area contributed by atoms with Crippen LogP contribution in [0, 0.1) is 45.4 Å². The Morgan fingerprint density at radius 1 is 1.10 bits per heavy atom. The van der Waals surface area contributed by atoms with Crippen LogP contribution in [0.2, 0.25) is 0 Å². The number of nitrogens with one attached hydrogen (secondary N) is 1. The first kappa shape index (κ1) is 29.1. The molecule has 3 aromatic rings. The van der Waals surface area contributed by atoms with Crippen molar-refractivity contribution in [3.63, 3.8) is 0 Å². The number of hydrogen-bond donors (Lipinski definition) is 1. The summed E-state index contributed by atoms with van der Waals surface area (Å²) in [6.45, 7) is 9.46. The molecule has 0 unspecified atom stereocenters. The lowest BCUT2D eigenvalue weighted by Crippen LogP contribution is -2.14. The highest BCUT2D eigenvalue weighted by Gasteiger charge is 2.24. The third-order valence-corrected chi connectivity index (χ3v) is 5.91. The summed E-state index contributed by atoms with van der Waals surface area (Å²) in [6.07, 6.45) is 3.22. The molecule has 0 bridgehead atoms. The van der Waals surface area contributed by atoms with Crippen molar-refractivity contribution in [2.45, 2.75) is 27.2 Å². The molecule has 0 saturated heterocycles. The van der Waals surface area contributed by atoms with Gasteiger partial charge in [-0.2, -0.15) is 5.26 Å². The molecule has 40 heavy (non-hydrogen) atoms. The Hall–Kier alpha value is -5.50. The van der Waals surface area contributed by atoms with Crippen molar-refractivity contribution < 1.29 is 24.1 Å². The van der Waals surface area contributed by atoms with Gasteiger partial charge in [0.1, 0.15) is 11.6 Å². The van der Waals surface area contributed by atoms with Crippen LogP contribution in [0.3, 0.4) is 0 Å². The summed E-state index contributed by atoms with van der Waals surface area (Å²) in [6, 6.07) is 13.6. The number of hydrogen-bond acceptors (Lipinski definition) is 8. The van der Waals surface area contributed by atoms with E-state index < -0.39 is 27.1 Å². The Labute approximate surface area is 230 Å². The lowest BCUT2D eigenvalue weighted by molar-refractivity contribution is -0.394. The van der Waals surface area contributed by atoms with Gasteiger partial charge in [0.25, 0.3) is 11.6 Å². The van der Waals surface area contributed by atoms with Crippen molar-refractivity contribution in [2.75, 3.05) is 11.9 Å². The van der Waals surface area contributed by atoms with Gasteiger partial charge in [-0.15, -0.1) is 6.58 Å². The molecule has 0 heterocycles. The second kappa shape index (κ2) is 12.8. The molecule has 3 rings (SSSR count). The predicted octanol–water partition coefficient (Wildman–Crippen LogP) is 6.59. The summed E-state index contributed by atoms with van der Waals surface area (Å²) >= 11 is 0. The Morgan fingerprint density at radius 3 is 2.48 bits per heavy atom. The summed E-state index contributed by atoms with van der Waals surface area (Å²) in [7, 11) is 0. The van der Waals surface area contributed by atoms with E-state index in [9.17, 15) is 30.3 Å². The summed E-state index contributed by atoms with van der Waals surface area (Å²) < 4.78 is 11.7. The number of nitriles is 1. The third kappa shape index (κ3) is 6.68. The zero-order valence-corrected chi connectivity index (χ0v) is 22.1. The third-order valence-electron chi connectivity index (χ3n) is 5.91. The van der Waals surface area contributed by atoms with Crippen LogP contribution in [0.4, 0.5) is 17.1 Å². The molecule has 1 N–H and O–H groups in total. The molecule has 3 aromatic carbocycles. The first-order valence-electron chi connectivity index (χ1n) is 12.1. The van der Waals surface area contributed by atoms with Crippen molar-refractivity contribution >= 4 is 29.0 Å². The molecule has 0 saturated carbocycles. The number of nitro groups is 2. The topological polar surface area (TPSA) is 158 Å². The van der Waals surface area contributed by atoms with E-state index in [-0.39, 0.29) is 35.8 Å². The molecule has 204 valence electrons. The van der Waals surface area contributed by atoms with Crippen LogP contribution in [0.1, 0.15) is 29.2 Å². The number of amides is 1. The second-order valence-corrected chi connectivity index (χ2v) is 8.57.